The summed E-state index contributed by atoms with van der Waals surface area (Å²) in [6.07, 6.45) is 1.57. The fourth-order valence-electron chi connectivity index (χ4n) is 2.55. The lowest BCUT2D eigenvalue weighted by Crippen LogP contribution is -2.25. The molecular formula is C19H25N3O6S2. The minimum atomic E-state index is -3.85. The zero-order chi connectivity index (χ0) is 22.4. The number of hydrogen-bond donors (Lipinski definition) is 3. The molecule has 164 valence electrons. The predicted octanol–water partition coefficient (Wildman–Crippen LogP) is 1.93. The van der Waals surface area contributed by atoms with Crippen LogP contribution in [0.2, 0.25) is 0 Å². The Kier molecular flexibility index (Phi) is 7.96. The van der Waals surface area contributed by atoms with Crippen molar-refractivity contribution in [2.45, 2.75) is 29.6 Å². The highest BCUT2D eigenvalue weighted by Crippen LogP contribution is 2.25. The van der Waals surface area contributed by atoms with Gasteiger partial charge in [0.25, 0.3) is 5.91 Å². The third kappa shape index (κ3) is 5.79. The molecule has 0 fully saturated rings. The number of anilines is 1. The Morgan fingerprint density at radius 1 is 1.03 bits per heavy atom. The molecule has 0 bridgehead atoms. The summed E-state index contributed by atoms with van der Waals surface area (Å²) in [6, 6.07) is 9.78. The predicted molar refractivity (Wildman–Crippen MR) is 114 cm³/mol. The van der Waals surface area contributed by atoms with Crippen molar-refractivity contribution in [1.29, 1.82) is 0 Å². The van der Waals surface area contributed by atoms with Gasteiger partial charge in [-0.25, -0.2) is 26.3 Å². The second-order valence-corrected chi connectivity index (χ2v) is 9.93. The van der Waals surface area contributed by atoms with Gasteiger partial charge in [0.05, 0.1) is 12.0 Å². The zero-order valence-electron chi connectivity index (χ0n) is 16.9. The first kappa shape index (κ1) is 23.8. The van der Waals surface area contributed by atoms with Crippen LogP contribution in [-0.2, 0) is 20.0 Å². The van der Waals surface area contributed by atoms with E-state index in [9.17, 15) is 21.6 Å². The van der Waals surface area contributed by atoms with Gasteiger partial charge in [0.15, 0.2) is 0 Å². The van der Waals surface area contributed by atoms with E-state index in [1.165, 1.54) is 56.6 Å². The van der Waals surface area contributed by atoms with Crippen molar-refractivity contribution in [3.8, 4) is 5.75 Å². The van der Waals surface area contributed by atoms with E-state index in [0.717, 1.165) is 6.42 Å². The van der Waals surface area contributed by atoms with Crippen molar-refractivity contribution in [3.05, 3.63) is 48.0 Å². The summed E-state index contributed by atoms with van der Waals surface area (Å²) in [6.45, 7) is 2.28. The zero-order valence-corrected chi connectivity index (χ0v) is 18.6. The normalized spacial score (nSPS) is 11.8. The van der Waals surface area contributed by atoms with Crippen molar-refractivity contribution in [2.75, 3.05) is 26.0 Å². The lowest BCUT2D eigenvalue weighted by molar-refractivity contribution is 0.102. The molecule has 11 heteroatoms. The van der Waals surface area contributed by atoms with Crippen LogP contribution in [0.25, 0.3) is 0 Å². The summed E-state index contributed by atoms with van der Waals surface area (Å²) in [4.78, 5) is 12.5. The van der Waals surface area contributed by atoms with Crippen LogP contribution in [0.4, 0.5) is 5.69 Å². The second-order valence-electron chi connectivity index (χ2n) is 6.31. The molecule has 0 spiro atoms. The largest absolute Gasteiger partial charge is 0.495 e. The fourth-order valence-corrected chi connectivity index (χ4v) is 4.59. The molecule has 0 saturated carbocycles. The van der Waals surface area contributed by atoms with Crippen molar-refractivity contribution >= 4 is 31.6 Å². The maximum absolute atomic E-state index is 12.6. The van der Waals surface area contributed by atoms with Gasteiger partial charge in [-0.2, -0.15) is 0 Å². The first-order valence-electron chi connectivity index (χ1n) is 9.17. The van der Waals surface area contributed by atoms with Gasteiger partial charge in [0, 0.05) is 17.8 Å². The highest BCUT2D eigenvalue weighted by molar-refractivity contribution is 7.89. The fraction of sp³-hybridized carbons (Fsp3) is 0.316. The average molecular weight is 456 g/mol. The quantitative estimate of drug-likeness (QED) is 0.469. The van der Waals surface area contributed by atoms with Crippen LogP contribution < -0.4 is 19.5 Å². The summed E-state index contributed by atoms with van der Waals surface area (Å²) >= 11 is 0. The molecule has 0 atom stereocenters. The molecule has 2 rings (SSSR count). The second kappa shape index (κ2) is 10.0. The molecule has 0 aliphatic heterocycles. The SMILES string of the molecule is CCCCNS(=O)(=O)c1cccc(NC(=O)c2ccc(OC)c(S(=O)(=O)NC)c2)c1. The number of hydrogen-bond acceptors (Lipinski definition) is 6. The Labute approximate surface area is 176 Å². The summed E-state index contributed by atoms with van der Waals surface area (Å²) in [5, 5.41) is 2.58. The lowest BCUT2D eigenvalue weighted by atomic mass is 10.2. The van der Waals surface area contributed by atoms with E-state index < -0.39 is 26.0 Å². The Bertz CT molecular complexity index is 1110. The maximum Gasteiger partial charge on any atom is 0.255 e. The van der Waals surface area contributed by atoms with E-state index in [1.807, 2.05) is 6.92 Å². The van der Waals surface area contributed by atoms with Gasteiger partial charge in [-0.05, 0) is 49.9 Å². The van der Waals surface area contributed by atoms with Gasteiger partial charge in [-0.15, -0.1) is 0 Å². The topological polar surface area (TPSA) is 131 Å². The maximum atomic E-state index is 12.6. The molecule has 0 aliphatic carbocycles. The molecular weight excluding hydrogens is 430 g/mol. The Morgan fingerprint density at radius 2 is 1.77 bits per heavy atom. The standard InChI is InChI=1S/C19H25N3O6S2/c1-4-5-11-21-29(24,25)16-8-6-7-15(13-16)22-19(23)14-9-10-17(28-3)18(12-14)30(26,27)20-2/h6-10,12-13,20-21H,4-5,11H2,1-3H3,(H,22,23). The van der Waals surface area contributed by atoms with Gasteiger partial charge in [0.1, 0.15) is 10.6 Å². The molecule has 0 heterocycles. The van der Waals surface area contributed by atoms with Crippen LogP contribution in [0.5, 0.6) is 5.75 Å². The van der Waals surface area contributed by atoms with E-state index in [-0.39, 0.29) is 26.8 Å². The molecule has 0 aliphatic rings. The first-order chi connectivity index (χ1) is 14.1. The number of ether oxygens (including phenoxy) is 1. The summed E-state index contributed by atoms with van der Waals surface area (Å²) in [5.74, 6) is -0.508. The van der Waals surface area contributed by atoms with Crippen LogP contribution in [0.1, 0.15) is 30.1 Å². The van der Waals surface area contributed by atoms with E-state index in [4.69, 9.17) is 4.74 Å². The number of benzene rings is 2. The first-order valence-corrected chi connectivity index (χ1v) is 12.1. The molecule has 3 N–H and O–H groups in total. The lowest BCUT2D eigenvalue weighted by Gasteiger charge is -2.12. The molecule has 0 saturated heterocycles. The molecule has 2 aromatic rings. The number of carbonyl (C=O) groups excluding carboxylic acids is 1. The average Bonchev–Trinajstić information content (AvgIpc) is 2.73. The highest BCUT2D eigenvalue weighted by Gasteiger charge is 2.20. The van der Waals surface area contributed by atoms with Gasteiger partial charge in [-0.3, -0.25) is 4.79 Å². The van der Waals surface area contributed by atoms with E-state index in [2.05, 4.69) is 14.8 Å². The van der Waals surface area contributed by atoms with Crippen molar-refractivity contribution in [2.24, 2.45) is 0 Å². The number of nitrogens with one attached hydrogen (secondary N) is 3. The molecule has 30 heavy (non-hydrogen) atoms. The van der Waals surface area contributed by atoms with Gasteiger partial charge in [0.2, 0.25) is 20.0 Å². The third-order valence-electron chi connectivity index (χ3n) is 4.21. The molecule has 0 unspecified atom stereocenters. The van der Waals surface area contributed by atoms with E-state index in [1.54, 1.807) is 0 Å². The van der Waals surface area contributed by atoms with Crippen LogP contribution >= 0.6 is 0 Å². The Hall–Kier alpha value is -2.47. The van der Waals surface area contributed by atoms with Gasteiger partial charge < -0.3 is 10.1 Å². The van der Waals surface area contributed by atoms with Crippen molar-refractivity contribution < 1.29 is 26.4 Å². The number of methoxy groups -OCH3 is 1. The summed E-state index contributed by atoms with van der Waals surface area (Å²) < 4.78 is 58.8. The van der Waals surface area contributed by atoms with Crippen LogP contribution in [0, 0.1) is 0 Å². The molecule has 0 aromatic heterocycles. The number of amides is 1. The van der Waals surface area contributed by atoms with Gasteiger partial charge in [-0.1, -0.05) is 19.4 Å². The van der Waals surface area contributed by atoms with E-state index >= 15 is 0 Å². The molecule has 9 nitrogen and oxygen atoms in total. The number of carbonyl (C=O) groups is 1. The summed E-state index contributed by atoms with van der Waals surface area (Å²) in [5.41, 5.74) is 0.325. The molecule has 1 amide bonds. The molecule has 2 aromatic carbocycles. The van der Waals surface area contributed by atoms with Crippen LogP contribution in [0.15, 0.2) is 52.3 Å². The van der Waals surface area contributed by atoms with Gasteiger partial charge >= 0.3 is 0 Å². The third-order valence-corrected chi connectivity index (χ3v) is 7.10. The number of unbranched alkanes of at least 4 members (excludes halogenated alkanes) is 1. The van der Waals surface area contributed by atoms with Crippen molar-refractivity contribution in [3.63, 3.8) is 0 Å². The highest BCUT2D eigenvalue weighted by atomic mass is 32.2. The number of rotatable bonds is 10. The molecule has 0 radical (unpaired) electrons. The van der Waals surface area contributed by atoms with Crippen LogP contribution in [0.3, 0.4) is 0 Å². The smallest absolute Gasteiger partial charge is 0.255 e. The monoisotopic (exact) mass is 455 g/mol. The minimum absolute atomic E-state index is 0.0181. The Morgan fingerprint density at radius 3 is 2.40 bits per heavy atom. The van der Waals surface area contributed by atoms with E-state index in [0.29, 0.717) is 13.0 Å². The number of sulfonamides is 2. The summed E-state index contributed by atoms with van der Waals surface area (Å²) in [7, 11) is -4.97. The Balaban J connectivity index is 2.28. The minimum Gasteiger partial charge on any atom is -0.495 e. The van der Waals surface area contributed by atoms with Crippen LogP contribution in [-0.4, -0.2) is 43.4 Å². The van der Waals surface area contributed by atoms with Crippen molar-refractivity contribution in [1.82, 2.24) is 9.44 Å².